The summed E-state index contributed by atoms with van der Waals surface area (Å²) in [5.74, 6) is 0.130. The normalized spacial score (nSPS) is 19.8. The first kappa shape index (κ1) is 21.6. The molecule has 1 atom stereocenters. The highest BCUT2D eigenvalue weighted by atomic mass is 32.2. The average Bonchev–Trinajstić information content (AvgIpc) is 3.11. The van der Waals surface area contributed by atoms with Gasteiger partial charge in [-0.1, -0.05) is 19.1 Å². The van der Waals surface area contributed by atoms with E-state index in [1.807, 2.05) is 19.9 Å². The number of rotatable bonds is 7. The molecular formula is C23H24FNO5S. The van der Waals surface area contributed by atoms with E-state index < -0.39 is 5.97 Å². The second-order valence-electron chi connectivity index (χ2n) is 8.18. The monoisotopic (exact) mass is 445 g/mol. The molecule has 0 N–H and O–H groups in total. The summed E-state index contributed by atoms with van der Waals surface area (Å²) in [5, 5.41) is -0.217. The molecule has 0 saturated carbocycles. The van der Waals surface area contributed by atoms with Crippen molar-refractivity contribution in [2.45, 2.75) is 19.2 Å². The Morgan fingerprint density at radius 3 is 2.65 bits per heavy atom. The molecule has 1 unspecified atom stereocenters. The van der Waals surface area contributed by atoms with Gasteiger partial charge < -0.3 is 14.2 Å². The fourth-order valence-corrected chi connectivity index (χ4v) is 4.69. The summed E-state index contributed by atoms with van der Waals surface area (Å²) in [6.07, 6.45) is 0. The number of ether oxygens (including phenoxy) is 3. The van der Waals surface area contributed by atoms with Gasteiger partial charge in [0.25, 0.3) is 0 Å². The van der Waals surface area contributed by atoms with E-state index in [1.165, 1.54) is 23.9 Å². The van der Waals surface area contributed by atoms with Crippen molar-refractivity contribution in [2.24, 2.45) is 5.41 Å². The van der Waals surface area contributed by atoms with Crippen molar-refractivity contribution in [3.05, 3.63) is 59.4 Å². The first-order valence-electron chi connectivity index (χ1n) is 10.0. The molecule has 0 aliphatic carbocycles. The standard InChI is InChI=1S/C23H24FNO5S/c1-15-9-18(29-10-21(27)30-14-23(2)12-28-13-23)7-8-19(15)25-20(26)11-31-22(25)16-3-5-17(24)6-4-16/h3-9,22H,10-14H2,1-2H3. The second-order valence-corrected chi connectivity index (χ2v) is 9.25. The zero-order valence-corrected chi connectivity index (χ0v) is 18.2. The van der Waals surface area contributed by atoms with Crippen molar-refractivity contribution >= 4 is 29.3 Å². The van der Waals surface area contributed by atoms with Gasteiger partial charge in [-0.25, -0.2) is 9.18 Å². The van der Waals surface area contributed by atoms with Gasteiger partial charge in [0.15, 0.2) is 6.61 Å². The van der Waals surface area contributed by atoms with Crippen LogP contribution in [0.3, 0.4) is 0 Å². The molecule has 2 saturated heterocycles. The van der Waals surface area contributed by atoms with Crippen LogP contribution in [0.5, 0.6) is 5.75 Å². The van der Waals surface area contributed by atoms with Crippen LogP contribution in [0.25, 0.3) is 0 Å². The molecule has 1 amide bonds. The summed E-state index contributed by atoms with van der Waals surface area (Å²) in [7, 11) is 0. The number of anilines is 1. The van der Waals surface area contributed by atoms with Crippen LogP contribution in [-0.2, 0) is 19.1 Å². The second kappa shape index (κ2) is 8.88. The van der Waals surface area contributed by atoms with Gasteiger partial charge in [0, 0.05) is 11.1 Å². The van der Waals surface area contributed by atoms with E-state index in [4.69, 9.17) is 14.2 Å². The molecule has 2 heterocycles. The van der Waals surface area contributed by atoms with Crippen molar-refractivity contribution in [3.63, 3.8) is 0 Å². The van der Waals surface area contributed by atoms with Gasteiger partial charge in [0.2, 0.25) is 5.91 Å². The lowest BCUT2D eigenvalue weighted by Crippen LogP contribution is -2.44. The van der Waals surface area contributed by atoms with Crippen LogP contribution >= 0.6 is 11.8 Å². The number of aryl methyl sites for hydroxylation is 1. The molecule has 0 bridgehead atoms. The third-order valence-corrected chi connectivity index (χ3v) is 6.50. The van der Waals surface area contributed by atoms with Gasteiger partial charge in [-0.2, -0.15) is 0 Å². The fourth-order valence-electron chi connectivity index (χ4n) is 3.52. The Morgan fingerprint density at radius 1 is 1.26 bits per heavy atom. The molecule has 4 rings (SSSR count). The molecule has 31 heavy (non-hydrogen) atoms. The van der Waals surface area contributed by atoms with Crippen LogP contribution in [0.2, 0.25) is 0 Å². The number of carbonyl (C=O) groups is 2. The Labute approximate surface area is 184 Å². The van der Waals surface area contributed by atoms with Gasteiger partial charge in [0.05, 0.1) is 19.0 Å². The molecular weight excluding hydrogens is 421 g/mol. The Kier molecular flexibility index (Phi) is 6.20. The highest BCUT2D eigenvalue weighted by Crippen LogP contribution is 2.43. The zero-order chi connectivity index (χ0) is 22.0. The predicted molar refractivity (Wildman–Crippen MR) is 116 cm³/mol. The molecule has 2 aromatic rings. The lowest BCUT2D eigenvalue weighted by Gasteiger charge is -2.37. The topological polar surface area (TPSA) is 65.1 Å². The summed E-state index contributed by atoms with van der Waals surface area (Å²) in [6.45, 7) is 5.20. The van der Waals surface area contributed by atoms with Crippen molar-refractivity contribution in [3.8, 4) is 5.75 Å². The molecule has 2 aliphatic heterocycles. The van der Waals surface area contributed by atoms with Crippen LogP contribution in [0.4, 0.5) is 10.1 Å². The molecule has 8 heteroatoms. The third-order valence-electron chi connectivity index (χ3n) is 5.29. The van der Waals surface area contributed by atoms with Gasteiger partial charge in [-0.15, -0.1) is 11.8 Å². The summed E-state index contributed by atoms with van der Waals surface area (Å²) >= 11 is 1.51. The largest absolute Gasteiger partial charge is 0.482 e. The Morgan fingerprint density at radius 2 is 2.00 bits per heavy atom. The Hall–Kier alpha value is -2.58. The van der Waals surface area contributed by atoms with E-state index in [2.05, 4.69) is 0 Å². The first-order chi connectivity index (χ1) is 14.8. The molecule has 6 nitrogen and oxygen atoms in total. The van der Waals surface area contributed by atoms with Crippen LogP contribution < -0.4 is 9.64 Å². The Balaban J connectivity index is 1.41. The maximum atomic E-state index is 13.3. The van der Waals surface area contributed by atoms with Gasteiger partial charge >= 0.3 is 5.97 Å². The molecule has 2 aliphatic rings. The van der Waals surface area contributed by atoms with Gasteiger partial charge in [-0.3, -0.25) is 9.69 Å². The van der Waals surface area contributed by atoms with Crippen LogP contribution in [0.1, 0.15) is 23.4 Å². The lowest BCUT2D eigenvalue weighted by molar-refractivity contribution is -0.167. The number of benzene rings is 2. The van der Waals surface area contributed by atoms with Crippen molar-refractivity contribution in [2.75, 3.05) is 37.1 Å². The van der Waals surface area contributed by atoms with Gasteiger partial charge in [0.1, 0.15) is 23.5 Å². The van der Waals surface area contributed by atoms with E-state index in [0.29, 0.717) is 31.3 Å². The van der Waals surface area contributed by atoms with E-state index in [9.17, 15) is 14.0 Å². The van der Waals surface area contributed by atoms with Crippen LogP contribution in [0.15, 0.2) is 42.5 Å². The number of carbonyl (C=O) groups excluding carboxylic acids is 2. The number of halogens is 1. The predicted octanol–water partition coefficient (Wildman–Crippen LogP) is 3.87. The van der Waals surface area contributed by atoms with E-state index in [0.717, 1.165) is 16.8 Å². The quantitative estimate of drug-likeness (QED) is 0.603. The number of thioether (sulfide) groups is 1. The maximum Gasteiger partial charge on any atom is 0.344 e. The molecule has 0 spiro atoms. The Bertz CT molecular complexity index is 976. The van der Waals surface area contributed by atoms with Crippen LogP contribution in [0, 0.1) is 18.2 Å². The molecule has 2 aromatic carbocycles. The van der Waals surface area contributed by atoms with E-state index >= 15 is 0 Å². The van der Waals surface area contributed by atoms with Gasteiger partial charge in [-0.05, 0) is 48.4 Å². The summed E-state index contributed by atoms with van der Waals surface area (Å²) < 4.78 is 29.3. The SMILES string of the molecule is Cc1cc(OCC(=O)OCC2(C)COC2)ccc1N1C(=O)CSC1c1ccc(F)cc1. The fraction of sp³-hybridized carbons (Fsp3) is 0.391. The smallest absolute Gasteiger partial charge is 0.344 e. The summed E-state index contributed by atoms with van der Waals surface area (Å²) in [6, 6.07) is 11.5. The highest BCUT2D eigenvalue weighted by Gasteiger charge is 2.36. The first-order valence-corrected chi connectivity index (χ1v) is 11.1. The minimum atomic E-state index is -0.433. The minimum absolute atomic E-state index is 0.00635. The van der Waals surface area contributed by atoms with E-state index in [-0.39, 0.29) is 29.1 Å². The molecule has 0 aromatic heterocycles. The van der Waals surface area contributed by atoms with Crippen molar-refractivity contribution in [1.29, 1.82) is 0 Å². The van der Waals surface area contributed by atoms with Crippen molar-refractivity contribution < 1.29 is 28.2 Å². The third kappa shape index (κ3) is 4.85. The number of hydrogen-bond acceptors (Lipinski definition) is 6. The number of esters is 1. The number of hydrogen-bond donors (Lipinski definition) is 0. The average molecular weight is 446 g/mol. The lowest BCUT2D eigenvalue weighted by atomic mass is 9.90. The summed E-state index contributed by atoms with van der Waals surface area (Å²) in [5.41, 5.74) is 2.37. The minimum Gasteiger partial charge on any atom is -0.482 e. The maximum absolute atomic E-state index is 13.3. The highest BCUT2D eigenvalue weighted by molar-refractivity contribution is 8.00. The molecule has 2 fully saturated rings. The number of amides is 1. The summed E-state index contributed by atoms with van der Waals surface area (Å²) in [4.78, 5) is 26.3. The zero-order valence-electron chi connectivity index (χ0n) is 17.4. The van der Waals surface area contributed by atoms with Crippen LogP contribution in [-0.4, -0.2) is 44.1 Å². The number of nitrogens with zero attached hydrogens (tertiary/aromatic N) is 1. The molecule has 0 radical (unpaired) electrons. The van der Waals surface area contributed by atoms with Crippen molar-refractivity contribution in [1.82, 2.24) is 0 Å². The van der Waals surface area contributed by atoms with E-state index in [1.54, 1.807) is 29.2 Å². The molecule has 164 valence electrons.